The van der Waals surface area contributed by atoms with Crippen LogP contribution in [0.3, 0.4) is 0 Å². The molecule has 0 spiro atoms. The molecule has 0 N–H and O–H groups in total. The zero-order valence-corrected chi connectivity index (χ0v) is 12.3. The van der Waals surface area contributed by atoms with Gasteiger partial charge in [0.05, 0.1) is 0 Å². The Morgan fingerprint density at radius 1 is 1.12 bits per heavy atom. The Labute approximate surface area is 106 Å². The molecule has 0 fully saturated rings. The molecular weight excluding hydrogens is 206 g/mol. The summed E-state index contributed by atoms with van der Waals surface area (Å²) in [6, 6.07) is 4.87. The molecule has 17 heavy (non-hydrogen) atoms. The highest BCUT2D eigenvalue weighted by molar-refractivity contribution is 5.83. The monoisotopic (exact) mass is 231 g/mol. The quantitative estimate of drug-likeness (QED) is 0.668. The molecule has 0 bridgehead atoms. The molecule has 1 heteroatoms. The fourth-order valence-electron chi connectivity index (χ4n) is 2.03. The maximum Gasteiger partial charge on any atom is 0.0443 e. The Bertz CT molecular complexity index is 420. The Morgan fingerprint density at radius 3 is 2.18 bits per heavy atom. The van der Waals surface area contributed by atoms with Gasteiger partial charge in [-0.3, -0.25) is 4.99 Å². The average molecular weight is 231 g/mol. The predicted molar refractivity (Wildman–Crippen MR) is 77.3 cm³/mol. The number of rotatable bonds is 2. The summed E-state index contributed by atoms with van der Waals surface area (Å²) in [6.07, 6.45) is 2.02. The Hall–Kier alpha value is -1.11. The maximum atomic E-state index is 4.49. The zero-order chi connectivity index (χ0) is 13.2. The van der Waals surface area contributed by atoms with Gasteiger partial charge in [-0.25, -0.2) is 0 Å². The maximum absolute atomic E-state index is 4.49. The second kappa shape index (κ2) is 5.03. The van der Waals surface area contributed by atoms with Crippen LogP contribution in [0.15, 0.2) is 17.1 Å². The molecule has 1 aromatic rings. The summed E-state index contributed by atoms with van der Waals surface area (Å²) in [6.45, 7) is 15.3. The summed E-state index contributed by atoms with van der Waals surface area (Å²) < 4.78 is 0. The van der Waals surface area contributed by atoms with Crippen LogP contribution >= 0.6 is 0 Å². The Morgan fingerprint density at radius 2 is 1.71 bits per heavy atom. The summed E-state index contributed by atoms with van der Waals surface area (Å²) in [4.78, 5) is 4.49. The van der Waals surface area contributed by atoms with Crippen molar-refractivity contribution in [2.45, 2.75) is 59.9 Å². The van der Waals surface area contributed by atoms with Crippen molar-refractivity contribution in [3.05, 3.63) is 34.4 Å². The van der Waals surface area contributed by atoms with Crippen LogP contribution in [0.25, 0.3) is 0 Å². The van der Waals surface area contributed by atoms with Gasteiger partial charge in [-0.1, -0.05) is 38.5 Å². The molecule has 0 heterocycles. The van der Waals surface area contributed by atoms with Crippen molar-refractivity contribution < 1.29 is 0 Å². The van der Waals surface area contributed by atoms with Crippen LogP contribution in [0.5, 0.6) is 0 Å². The molecule has 0 aromatic heterocycles. The first-order valence-electron chi connectivity index (χ1n) is 6.36. The minimum Gasteiger partial charge on any atom is -0.290 e. The van der Waals surface area contributed by atoms with Gasteiger partial charge in [0, 0.05) is 12.3 Å². The van der Waals surface area contributed by atoms with Crippen molar-refractivity contribution in [1.82, 2.24) is 0 Å². The molecule has 0 aliphatic heterocycles. The van der Waals surface area contributed by atoms with Crippen LogP contribution in [0.2, 0.25) is 0 Å². The van der Waals surface area contributed by atoms with Gasteiger partial charge in [-0.15, -0.1) is 0 Å². The lowest BCUT2D eigenvalue weighted by molar-refractivity contribution is 0.585. The van der Waals surface area contributed by atoms with Crippen LogP contribution in [0.1, 0.15) is 56.9 Å². The highest BCUT2D eigenvalue weighted by Gasteiger charge is 2.17. The smallest absolute Gasteiger partial charge is 0.0443 e. The molecule has 0 amide bonds. The van der Waals surface area contributed by atoms with Crippen LogP contribution in [0, 0.1) is 13.8 Å². The van der Waals surface area contributed by atoms with Gasteiger partial charge in [-0.05, 0) is 49.8 Å². The van der Waals surface area contributed by atoms with E-state index >= 15 is 0 Å². The molecule has 1 rings (SSSR count). The molecule has 94 valence electrons. The number of benzene rings is 1. The summed E-state index contributed by atoms with van der Waals surface area (Å²) in [5.74, 6) is 0. The summed E-state index contributed by atoms with van der Waals surface area (Å²) in [5.41, 5.74) is 5.53. The topological polar surface area (TPSA) is 12.4 Å². The van der Waals surface area contributed by atoms with E-state index in [4.69, 9.17) is 0 Å². The molecule has 0 saturated heterocycles. The molecule has 0 aliphatic rings. The van der Waals surface area contributed by atoms with E-state index in [-0.39, 0.29) is 5.41 Å². The summed E-state index contributed by atoms with van der Waals surface area (Å²) in [5, 5.41) is 0. The van der Waals surface area contributed by atoms with E-state index in [1.54, 1.807) is 0 Å². The van der Waals surface area contributed by atoms with E-state index in [2.05, 4.69) is 65.6 Å². The van der Waals surface area contributed by atoms with Gasteiger partial charge in [0.2, 0.25) is 0 Å². The number of hydrogen-bond acceptors (Lipinski definition) is 1. The Balaban J connectivity index is 3.29. The first kappa shape index (κ1) is 14.0. The van der Waals surface area contributed by atoms with E-state index < -0.39 is 0 Å². The number of hydrogen-bond donors (Lipinski definition) is 0. The van der Waals surface area contributed by atoms with E-state index in [0.29, 0.717) is 6.04 Å². The molecule has 0 aliphatic carbocycles. The third-order valence-electron chi connectivity index (χ3n) is 2.91. The van der Waals surface area contributed by atoms with Gasteiger partial charge in [0.15, 0.2) is 0 Å². The largest absolute Gasteiger partial charge is 0.290 e. The van der Waals surface area contributed by atoms with E-state index in [1.807, 2.05) is 6.21 Å². The van der Waals surface area contributed by atoms with E-state index in [1.165, 1.54) is 22.3 Å². The van der Waals surface area contributed by atoms with E-state index in [0.717, 1.165) is 0 Å². The van der Waals surface area contributed by atoms with Crippen LogP contribution in [-0.2, 0) is 5.41 Å². The van der Waals surface area contributed by atoms with Crippen LogP contribution < -0.4 is 0 Å². The van der Waals surface area contributed by atoms with Crippen LogP contribution in [-0.4, -0.2) is 12.3 Å². The van der Waals surface area contributed by atoms with Gasteiger partial charge in [0.25, 0.3) is 0 Å². The second-order valence-electron chi connectivity index (χ2n) is 6.15. The fraction of sp³-hybridized carbons (Fsp3) is 0.562. The molecular formula is C16H25N. The molecule has 1 nitrogen and oxygen atoms in total. The summed E-state index contributed by atoms with van der Waals surface area (Å²) in [7, 11) is 0. The normalized spacial score (nSPS) is 12.7. The predicted octanol–water partition coefficient (Wildman–Crippen LogP) is 4.43. The molecule has 1 aromatic carbocycles. The third kappa shape index (κ3) is 3.69. The van der Waals surface area contributed by atoms with Crippen molar-refractivity contribution in [3.8, 4) is 0 Å². The second-order valence-corrected chi connectivity index (χ2v) is 6.15. The standard InChI is InChI=1S/C16H25N/c1-11(2)17-10-14-8-12(3)9-15(13(14)4)16(5,6)7/h8-11H,1-7H3. The lowest BCUT2D eigenvalue weighted by atomic mass is 9.82. The minimum atomic E-state index is 0.191. The first-order valence-corrected chi connectivity index (χ1v) is 6.36. The summed E-state index contributed by atoms with van der Waals surface area (Å²) >= 11 is 0. The molecule has 0 radical (unpaired) electrons. The van der Waals surface area contributed by atoms with Crippen molar-refractivity contribution in [2.24, 2.45) is 4.99 Å². The minimum absolute atomic E-state index is 0.191. The highest BCUT2D eigenvalue weighted by atomic mass is 14.7. The Kier molecular flexibility index (Phi) is 4.13. The molecule has 0 atom stereocenters. The number of aryl methyl sites for hydroxylation is 1. The third-order valence-corrected chi connectivity index (χ3v) is 2.91. The highest BCUT2D eigenvalue weighted by Crippen LogP contribution is 2.28. The lowest BCUT2D eigenvalue weighted by Gasteiger charge is -2.23. The fourth-order valence-corrected chi connectivity index (χ4v) is 2.03. The number of aliphatic imine (C=N–C) groups is 1. The lowest BCUT2D eigenvalue weighted by Crippen LogP contribution is -2.14. The van der Waals surface area contributed by atoms with Crippen LogP contribution in [0.4, 0.5) is 0 Å². The number of nitrogens with zero attached hydrogens (tertiary/aromatic N) is 1. The molecule has 0 saturated carbocycles. The van der Waals surface area contributed by atoms with Crippen molar-refractivity contribution in [1.29, 1.82) is 0 Å². The van der Waals surface area contributed by atoms with Crippen molar-refractivity contribution in [3.63, 3.8) is 0 Å². The van der Waals surface area contributed by atoms with E-state index in [9.17, 15) is 0 Å². The van der Waals surface area contributed by atoms with Crippen molar-refractivity contribution >= 4 is 6.21 Å². The zero-order valence-electron chi connectivity index (χ0n) is 12.3. The van der Waals surface area contributed by atoms with Gasteiger partial charge >= 0.3 is 0 Å². The van der Waals surface area contributed by atoms with Gasteiger partial charge < -0.3 is 0 Å². The van der Waals surface area contributed by atoms with Gasteiger partial charge in [0.1, 0.15) is 0 Å². The molecule has 0 unspecified atom stereocenters. The van der Waals surface area contributed by atoms with Crippen molar-refractivity contribution in [2.75, 3.05) is 0 Å². The first-order chi connectivity index (χ1) is 7.71. The van der Waals surface area contributed by atoms with Gasteiger partial charge in [-0.2, -0.15) is 0 Å². The average Bonchev–Trinajstić information content (AvgIpc) is 2.17. The SMILES string of the molecule is Cc1cc(C=NC(C)C)c(C)c(C(C)(C)C)c1.